The molecule has 3 N–H and O–H groups in total. The fourth-order valence-corrected chi connectivity index (χ4v) is 2.79. The van der Waals surface area contributed by atoms with Crippen LogP contribution < -0.4 is 11.1 Å². The number of carbonyl (C=O) groups is 1. The molecule has 0 aromatic carbocycles. The minimum atomic E-state index is 0.0894. The summed E-state index contributed by atoms with van der Waals surface area (Å²) in [5.41, 5.74) is 6.16. The van der Waals surface area contributed by atoms with Gasteiger partial charge >= 0.3 is 0 Å². The number of piperazine rings is 1. The van der Waals surface area contributed by atoms with Crippen LogP contribution in [0.2, 0.25) is 0 Å². The number of fused-ring (bicyclic) bond motifs is 2. The van der Waals surface area contributed by atoms with Crippen LogP contribution in [-0.2, 0) is 0 Å². The van der Waals surface area contributed by atoms with Gasteiger partial charge in [-0.15, -0.1) is 0 Å². The van der Waals surface area contributed by atoms with Gasteiger partial charge in [-0.3, -0.25) is 4.79 Å². The van der Waals surface area contributed by atoms with Gasteiger partial charge in [0.1, 0.15) is 5.82 Å². The van der Waals surface area contributed by atoms with Gasteiger partial charge in [0.25, 0.3) is 5.91 Å². The Hall–Kier alpha value is -1.62. The molecule has 90 valence electrons. The summed E-state index contributed by atoms with van der Waals surface area (Å²) in [4.78, 5) is 18.4. The standard InChI is InChI=1S/C12H16N4O/c13-11-4-1-8(5-15-11)12(17)16-9-2-3-10(16)7-14-6-9/h1,4-5,9-10,14H,2-3,6-7H2,(H2,13,15). The van der Waals surface area contributed by atoms with Gasteiger partial charge in [0.15, 0.2) is 0 Å². The van der Waals surface area contributed by atoms with Gasteiger partial charge in [0, 0.05) is 31.4 Å². The molecule has 0 saturated carbocycles. The molecule has 1 aromatic heterocycles. The lowest BCUT2D eigenvalue weighted by molar-refractivity contribution is 0.0619. The number of nitrogens with one attached hydrogen (secondary N) is 1. The van der Waals surface area contributed by atoms with Crippen molar-refractivity contribution in [1.29, 1.82) is 0 Å². The maximum Gasteiger partial charge on any atom is 0.256 e. The molecule has 1 aromatic rings. The summed E-state index contributed by atoms with van der Waals surface area (Å²) >= 11 is 0. The van der Waals surface area contributed by atoms with Gasteiger partial charge in [-0.05, 0) is 25.0 Å². The smallest absolute Gasteiger partial charge is 0.256 e. The van der Waals surface area contributed by atoms with Crippen molar-refractivity contribution < 1.29 is 4.79 Å². The second-order valence-electron chi connectivity index (χ2n) is 4.73. The Kier molecular flexibility index (Phi) is 2.48. The average Bonchev–Trinajstić information content (AvgIpc) is 2.59. The number of nitrogens with two attached hydrogens (primary N) is 1. The van der Waals surface area contributed by atoms with Crippen LogP contribution in [0.4, 0.5) is 5.82 Å². The van der Waals surface area contributed by atoms with Gasteiger partial charge in [-0.25, -0.2) is 4.98 Å². The Morgan fingerprint density at radius 1 is 1.35 bits per heavy atom. The molecule has 2 saturated heterocycles. The fourth-order valence-electron chi connectivity index (χ4n) is 2.79. The van der Waals surface area contributed by atoms with Gasteiger partial charge in [0.05, 0.1) is 5.56 Å². The second kappa shape index (κ2) is 4.00. The molecule has 0 aliphatic carbocycles. The highest BCUT2D eigenvalue weighted by Crippen LogP contribution is 2.28. The lowest BCUT2D eigenvalue weighted by atomic mass is 10.1. The van der Waals surface area contributed by atoms with Crippen molar-refractivity contribution in [3.8, 4) is 0 Å². The number of anilines is 1. The zero-order chi connectivity index (χ0) is 11.8. The normalized spacial score (nSPS) is 27.2. The molecule has 2 fully saturated rings. The first-order chi connectivity index (χ1) is 8.25. The highest BCUT2D eigenvalue weighted by atomic mass is 16.2. The number of nitrogen functional groups attached to an aromatic ring is 1. The molecule has 17 heavy (non-hydrogen) atoms. The first-order valence-corrected chi connectivity index (χ1v) is 6.00. The Bertz CT molecular complexity index is 415. The van der Waals surface area contributed by atoms with Gasteiger partial charge in [-0.2, -0.15) is 0 Å². The summed E-state index contributed by atoms with van der Waals surface area (Å²) in [5.74, 6) is 0.538. The highest BCUT2D eigenvalue weighted by molar-refractivity contribution is 5.94. The zero-order valence-corrected chi connectivity index (χ0v) is 9.60. The van der Waals surface area contributed by atoms with E-state index in [2.05, 4.69) is 10.3 Å². The monoisotopic (exact) mass is 232 g/mol. The predicted molar refractivity (Wildman–Crippen MR) is 64.5 cm³/mol. The molecule has 2 aliphatic rings. The van der Waals surface area contributed by atoms with Crippen LogP contribution >= 0.6 is 0 Å². The van der Waals surface area contributed by atoms with E-state index in [4.69, 9.17) is 5.73 Å². The summed E-state index contributed by atoms with van der Waals surface area (Å²) in [6, 6.07) is 4.13. The maximum atomic E-state index is 12.4. The molecule has 2 unspecified atom stereocenters. The third kappa shape index (κ3) is 1.76. The van der Waals surface area contributed by atoms with E-state index in [9.17, 15) is 4.79 Å². The number of hydrogen-bond donors (Lipinski definition) is 2. The summed E-state index contributed by atoms with van der Waals surface area (Å²) in [6.07, 6.45) is 3.77. The molecular weight excluding hydrogens is 216 g/mol. The largest absolute Gasteiger partial charge is 0.384 e. The minimum absolute atomic E-state index is 0.0894. The maximum absolute atomic E-state index is 12.4. The SMILES string of the molecule is Nc1ccc(C(=O)N2C3CCC2CNC3)cn1. The summed E-state index contributed by atoms with van der Waals surface area (Å²) < 4.78 is 0. The van der Waals surface area contributed by atoms with Crippen molar-refractivity contribution in [3.63, 3.8) is 0 Å². The molecule has 5 heteroatoms. The molecule has 3 rings (SSSR count). The number of hydrogen-bond acceptors (Lipinski definition) is 4. The van der Waals surface area contributed by atoms with E-state index >= 15 is 0 Å². The number of pyridine rings is 1. The van der Waals surface area contributed by atoms with Crippen molar-refractivity contribution in [1.82, 2.24) is 15.2 Å². The van der Waals surface area contributed by atoms with Crippen LogP contribution in [0, 0.1) is 0 Å². The highest BCUT2D eigenvalue weighted by Gasteiger charge is 2.39. The zero-order valence-electron chi connectivity index (χ0n) is 9.60. The number of rotatable bonds is 1. The van der Waals surface area contributed by atoms with E-state index < -0.39 is 0 Å². The van der Waals surface area contributed by atoms with Crippen LogP contribution in [0.1, 0.15) is 23.2 Å². The Morgan fingerprint density at radius 2 is 2.06 bits per heavy atom. The molecule has 0 spiro atoms. The van der Waals surface area contributed by atoms with E-state index in [1.165, 1.54) is 0 Å². The van der Waals surface area contributed by atoms with Crippen LogP contribution in [0.5, 0.6) is 0 Å². The number of nitrogens with zero attached hydrogens (tertiary/aromatic N) is 2. The van der Waals surface area contributed by atoms with Crippen molar-refractivity contribution in [2.45, 2.75) is 24.9 Å². The fraction of sp³-hybridized carbons (Fsp3) is 0.500. The van der Waals surface area contributed by atoms with Crippen LogP contribution in [-0.4, -0.2) is 41.0 Å². The predicted octanol–water partition coefficient (Wildman–Crippen LogP) is 0.240. The van der Waals surface area contributed by atoms with Crippen molar-refractivity contribution in [2.24, 2.45) is 0 Å². The van der Waals surface area contributed by atoms with Crippen molar-refractivity contribution >= 4 is 11.7 Å². The quantitative estimate of drug-likeness (QED) is 0.727. The molecule has 2 aliphatic heterocycles. The van der Waals surface area contributed by atoms with Gasteiger partial charge in [0.2, 0.25) is 0 Å². The van der Waals surface area contributed by atoms with E-state index in [0.29, 0.717) is 23.5 Å². The average molecular weight is 232 g/mol. The Morgan fingerprint density at radius 3 is 2.65 bits per heavy atom. The third-order valence-corrected chi connectivity index (χ3v) is 3.65. The van der Waals surface area contributed by atoms with Crippen LogP contribution in [0.3, 0.4) is 0 Å². The first-order valence-electron chi connectivity index (χ1n) is 6.00. The lowest BCUT2D eigenvalue weighted by Crippen LogP contribution is -2.54. The molecule has 2 atom stereocenters. The number of amides is 1. The topological polar surface area (TPSA) is 71.2 Å². The summed E-state index contributed by atoms with van der Waals surface area (Å²) in [5, 5.41) is 3.36. The van der Waals surface area contributed by atoms with Crippen LogP contribution in [0.25, 0.3) is 0 Å². The van der Waals surface area contributed by atoms with Gasteiger partial charge in [-0.1, -0.05) is 0 Å². The van der Waals surface area contributed by atoms with Crippen LogP contribution in [0.15, 0.2) is 18.3 Å². The number of carbonyl (C=O) groups excluding carboxylic acids is 1. The van der Waals surface area contributed by atoms with Crippen molar-refractivity contribution in [2.75, 3.05) is 18.8 Å². The first kappa shape index (κ1) is 10.5. The van der Waals surface area contributed by atoms with E-state index in [1.807, 2.05) is 4.90 Å². The third-order valence-electron chi connectivity index (χ3n) is 3.65. The minimum Gasteiger partial charge on any atom is -0.384 e. The number of aromatic nitrogens is 1. The van der Waals surface area contributed by atoms with E-state index in [-0.39, 0.29) is 5.91 Å². The van der Waals surface area contributed by atoms with E-state index in [1.54, 1.807) is 18.3 Å². The Balaban J connectivity index is 1.84. The molecule has 2 bridgehead atoms. The Labute approximate surface area is 100 Å². The summed E-state index contributed by atoms with van der Waals surface area (Å²) in [6.45, 7) is 1.81. The van der Waals surface area contributed by atoms with Gasteiger partial charge < -0.3 is 16.0 Å². The molecule has 5 nitrogen and oxygen atoms in total. The lowest BCUT2D eigenvalue weighted by Gasteiger charge is -2.35. The molecule has 0 radical (unpaired) electrons. The summed E-state index contributed by atoms with van der Waals surface area (Å²) in [7, 11) is 0. The van der Waals surface area contributed by atoms with Crippen molar-refractivity contribution in [3.05, 3.63) is 23.9 Å². The van der Waals surface area contributed by atoms with E-state index in [0.717, 1.165) is 25.9 Å². The molecule has 3 heterocycles. The molecular formula is C12H16N4O. The second-order valence-corrected chi connectivity index (χ2v) is 4.73. The molecule has 1 amide bonds.